The number of aliphatic hydroxyl groups is 1. The summed E-state index contributed by atoms with van der Waals surface area (Å²) < 4.78 is 6.60. The van der Waals surface area contributed by atoms with Crippen LogP contribution in [0.1, 0.15) is 5.56 Å². The van der Waals surface area contributed by atoms with Gasteiger partial charge in [-0.15, -0.1) is 0 Å². The zero-order valence-corrected chi connectivity index (χ0v) is 21.4. The molecule has 0 bridgehead atoms. The van der Waals surface area contributed by atoms with Gasteiger partial charge in [0.25, 0.3) is 5.91 Å². The molecule has 1 N–H and O–H groups in total. The highest BCUT2D eigenvalue weighted by Crippen LogP contribution is 2.53. The number of hydrogen-bond donors (Lipinski definition) is 1. The maximum Gasteiger partial charge on any atom is 0.253 e. The Kier molecular flexibility index (Phi) is 6.34. The molecule has 2 fully saturated rings. The summed E-state index contributed by atoms with van der Waals surface area (Å²) in [6, 6.07) is 15.7. The van der Waals surface area contributed by atoms with Gasteiger partial charge >= 0.3 is 0 Å². The zero-order chi connectivity index (χ0) is 26.4. The summed E-state index contributed by atoms with van der Waals surface area (Å²) in [5.74, 6) is -2.60. The van der Waals surface area contributed by atoms with Crippen LogP contribution in [0.5, 0.6) is 0 Å². The smallest absolute Gasteiger partial charge is 0.253 e. The number of rotatable bonds is 5. The topological polar surface area (TPSA) is 90.4 Å². The van der Waals surface area contributed by atoms with E-state index >= 15 is 0 Å². The van der Waals surface area contributed by atoms with Crippen LogP contribution in [0.2, 0.25) is 5.02 Å². The summed E-state index contributed by atoms with van der Waals surface area (Å²) in [6.07, 6.45) is 6.68. The molecule has 4 aliphatic rings. The van der Waals surface area contributed by atoms with Crippen molar-refractivity contribution in [3.63, 3.8) is 0 Å². The van der Waals surface area contributed by atoms with Crippen LogP contribution in [0, 0.1) is 11.8 Å². The van der Waals surface area contributed by atoms with Crippen molar-refractivity contribution in [2.75, 3.05) is 31.1 Å². The first-order valence-electron chi connectivity index (χ1n) is 12.8. The Bertz CT molecular complexity index is 1330. The largest absolute Gasteiger partial charge is 0.395 e. The van der Waals surface area contributed by atoms with E-state index in [-0.39, 0.29) is 37.4 Å². The van der Waals surface area contributed by atoms with E-state index in [0.717, 1.165) is 5.56 Å². The van der Waals surface area contributed by atoms with Gasteiger partial charge in [0.05, 0.1) is 35.3 Å². The molecule has 4 aliphatic heterocycles. The normalized spacial score (nSPS) is 30.3. The minimum absolute atomic E-state index is 0.0454. The summed E-state index contributed by atoms with van der Waals surface area (Å²) >= 11 is 6.45. The van der Waals surface area contributed by atoms with Crippen molar-refractivity contribution >= 4 is 35.0 Å². The highest BCUT2D eigenvalue weighted by molar-refractivity contribution is 6.34. The molecule has 8 nitrogen and oxygen atoms in total. The minimum Gasteiger partial charge on any atom is -0.395 e. The number of carbonyl (C=O) groups is 3. The van der Waals surface area contributed by atoms with Gasteiger partial charge in [-0.05, 0) is 17.7 Å². The highest BCUT2D eigenvalue weighted by atomic mass is 35.5. The van der Waals surface area contributed by atoms with Gasteiger partial charge in [-0.2, -0.15) is 0 Å². The lowest BCUT2D eigenvalue weighted by atomic mass is 9.77. The fraction of sp³-hybridized carbons (Fsp3) is 0.345. The molecule has 9 heteroatoms. The van der Waals surface area contributed by atoms with Gasteiger partial charge in [0.15, 0.2) is 0 Å². The van der Waals surface area contributed by atoms with E-state index in [2.05, 4.69) is 0 Å². The number of benzene rings is 2. The van der Waals surface area contributed by atoms with Crippen molar-refractivity contribution < 1.29 is 24.2 Å². The Morgan fingerprint density at radius 3 is 2.47 bits per heavy atom. The Morgan fingerprint density at radius 2 is 1.71 bits per heavy atom. The molecule has 0 aliphatic carbocycles. The summed E-state index contributed by atoms with van der Waals surface area (Å²) in [5, 5.41) is 10.2. The Balaban J connectivity index is 1.40. The number of ether oxygens (including phenoxy) is 1. The summed E-state index contributed by atoms with van der Waals surface area (Å²) in [5.41, 5.74) is 0.168. The number of hydrogen-bond acceptors (Lipinski definition) is 5. The van der Waals surface area contributed by atoms with Crippen molar-refractivity contribution in [1.82, 2.24) is 9.80 Å². The van der Waals surface area contributed by atoms with Gasteiger partial charge in [-0.25, -0.2) is 0 Å². The lowest BCUT2D eigenvalue weighted by Crippen LogP contribution is -2.55. The number of anilines is 1. The van der Waals surface area contributed by atoms with E-state index in [0.29, 0.717) is 23.8 Å². The summed E-state index contributed by atoms with van der Waals surface area (Å²) in [6.45, 7) is 0.667. The first-order chi connectivity index (χ1) is 18.5. The lowest BCUT2D eigenvalue weighted by Gasteiger charge is -2.35. The Morgan fingerprint density at radius 1 is 0.947 bits per heavy atom. The number of fused-ring (bicyclic) bond motifs is 2. The van der Waals surface area contributed by atoms with Gasteiger partial charge in [-0.1, -0.05) is 78.4 Å². The summed E-state index contributed by atoms with van der Waals surface area (Å²) in [4.78, 5) is 46.8. The third kappa shape index (κ3) is 3.78. The maximum absolute atomic E-state index is 14.2. The van der Waals surface area contributed by atoms with Crippen LogP contribution >= 0.6 is 11.6 Å². The molecule has 0 aromatic heterocycles. The van der Waals surface area contributed by atoms with Crippen LogP contribution < -0.4 is 4.90 Å². The molecule has 2 aromatic carbocycles. The van der Waals surface area contributed by atoms with Gasteiger partial charge < -0.3 is 24.5 Å². The predicted molar refractivity (Wildman–Crippen MR) is 141 cm³/mol. The van der Waals surface area contributed by atoms with E-state index in [1.54, 1.807) is 35.2 Å². The first kappa shape index (κ1) is 24.9. The van der Waals surface area contributed by atoms with Crippen molar-refractivity contribution in [2.45, 2.75) is 24.3 Å². The third-order valence-corrected chi connectivity index (χ3v) is 8.26. The van der Waals surface area contributed by atoms with Crippen molar-refractivity contribution in [3.05, 3.63) is 89.5 Å². The standard InChI is InChI=1S/C29H28ClN3O5/c30-20-10-4-5-11-21(20)32-15-7-13-29-24(27(36)33(16-17-34)25(29)28(32)37)23-22(38-29)12-6-14-31(26(23)35)18-19-8-2-1-3-9-19/h1-13,22-25,34H,14-18H2/t22-,23+,24+,25?,29+/m1/s1. The van der Waals surface area contributed by atoms with E-state index < -0.39 is 29.6 Å². The number of aliphatic hydroxyl groups excluding tert-OH is 1. The van der Waals surface area contributed by atoms with Crippen LogP contribution in [-0.2, 0) is 25.7 Å². The average Bonchev–Trinajstić information content (AvgIpc) is 3.23. The van der Waals surface area contributed by atoms with Crippen LogP contribution in [0.3, 0.4) is 0 Å². The van der Waals surface area contributed by atoms with Crippen LogP contribution in [0.25, 0.3) is 0 Å². The second kappa shape index (κ2) is 9.69. The van der Waals surface area contributed by atoms with Gasteiger partial charge in [0, 0.05) is 26.2 Å². The van der Waals surface area contributed by atoms with Gasteiger partial charge in [-0.3, -0.25) is 14.4 Å². The van der Waals surface area contributed by atoms with Crippen molar-refractivity contribution in [2.24, 2.45) is 11.8 Å². The monoisotopic (exact) mass is 533 g/mol. The molecule has 2 saturated heterocycles. The number of nitrogens with zero attached hydrogens (tertiary/aromatic N) is 3. The lowest BCUT2D eigenvalue weighted by molar-refractivity contribution is -0.145. The quantitative estimate of drug-likeness (QED) is 0.596. The second-order valence-corrected chi connectivity index (χ2v) is 10.4. The van der Waals surface area contributed by atoms with E-state index in [9.17, 15) is 19.5 Å². The van der Waals surface area contributed by atoms with E-state index in [1.807, 2.05) is 48.6 Å². The molecule has 1 unspecified atom stereocenters. The number of carbonyl (C=O) groups excluding carboxylic acids is 3. The van der Waals surface area contributed by atoms with Gasteiger partial charge in [0.1, 0.15) is 11.6 Å². The Hall–Kier alpha value is -3.46. The molecule has 4 heterocycles. The van der Waals surface area contributed by atoms with Crippen molar-refractivity contribution in [3.8, 4) is 0 Å². The van der Waals surface area contributed by atoms with Crippen LogP contribution in [0.4, 0.5) is 5.69 Å². The molecule has 5 atom stereocenters. The van der Waals surface area contributed by atoms with E-state index in [1.165, 1.54) is 9.80 Å². The zero-order valence-electron chi connectivity index (χ0n) is 20.7. The summed E-state index contributed by atoms with van der Waals surface area (Å²) in [7, 11) is 0. The molecule has 196 valence electrons. The first-order valence-corrected chi connectivity index (χ1v) is 13.2. The molecular formula is C29H28ClN3O5. The number of halogens is 1. The third-order valence-electron chi connectivity index (χ3n) is 7.94. The van der Waals surface area contributed by atoms with Crippen LogP contribution in [0.15, 0.2) is 78.9 Å². The number of amides is 3. The Labute approximate surface area is 225 Å². The molecule has 0 radical (unpaired) electrons. The fourth-order valence-corrected chi connectivity index (χ4v) is 6.61. The number of para-hydroxylation sites is 1. The molecule has 2 aromatic rings. The molecule has 3 amide bonds. The SMILES string of the molecule is O=C1[C@@H]2[C@H]3C(=O)N(CCO)C4C(=O)N(c5ccccc5Cl)CC=C[C@@]43O[C@@H]2C=CCN1Cc1ccccc1. The minimum atomic E-state index is -1.34. The average molecular weight is 534 g/mol. The van der Waals surface area contributed by atoms with E-state index in [4.69, 9.17) is 16.3 Å². The molecule has 38 heavy (non-hydrogen) atoms. The van der Waals surface area contributed by atoms with Crippen molar-refractivity contribution in [1.29, 1.82) is 0 Å². The number of likely N-dealkylation sites (tertiary alicyclic amines) is 1. The van der Waals surface area contributed by atoms with Gasteiger partial charge in [0.2, 0.25) is 11.8 Å². The molecule has 6 rings (SSSR count). The molecule has 0 saturated carbocycles. The second-order valence-electron chi connectivity index (χ2n) is 10.0. The fourth-order valence-electron chi connectivity index (χ4n) is 6.37. The molecular weight excluding hydrogens is 506 g/mol. The van der Waals surface area contributed by atoms with Crippen LogP contribution in [-0.4, -0.2) is 76.6 Å². The maximum atomic E-state index is 14.2. The molecule has 1 spiro atoms. The predicted octanol–water partition coefficient (Wildman–Crippen LogP) is 2.41. The number of β-amino-alcohol motifs (C(OH)–C–C–N with tert-alkyl or cyclic N) is 1. The highest BCUT2D eigenvalue weighted by Gasteiger charge is 2.71.